The van der Waals surface area contributed by atoms with Gasteiger partial charge in [-0.15, -0.1) is 0 Å². The second kappa shape index (κ2) is 9.45. The lowest BCUT2D eigenvalue weighted by atomic mass is 10.0. The van der Waals surface area contributed by atoms with E-state index in [4.69, 9.17) is 0 Å². The standard InChI is InChI=1S/C20H20N2O7/c1-12-4-6-13(7-5-12)17(11-18(23)28-2)21-19(24)14-8-15(20(25)29-3)10-16(9-14)22(26)27/h4-10,17H,11H2,1-3H3,(H,21,24). The summed E-state index contributed by atoms with van der Waals surface area (Å²) in [6.07, 6.45) is -0.135. The number of rotatable bonds is 7. The number of nitrogens with zero attached hydrogens (tertiary/aromatic N) is 1. The number of carbonyl (C=O) groups excluding carboxylic acids is 3. The van der Waals surface area contributed by atoms with Crippen LogP contribution in [0.25, 0.3) is 0 Å². The van der Waals surface area contributed by atoms with Gasteiger partial charge >= 0.3 is 11.9 Å². The molecule has 152 valence electrons. The quantitative estimate of drug-likeness (QED) is 0.430. The predicted molar refractivity (Wildman–Crippen MR) is 102 cm³/mol. The Hall–Kier alpha value is -3.75. The van der Waals surface area contributed by atoms with Gasteiger partial charge in [0, 0.05) is 17.7 Å². The molecule has 29 heavy (non-hydrogen) atoms. The van der Waals surface area contributed by atoms with Crippen molar-refractivity contribution in [2.24, 2.45) is 0 Å². The minimum absolute atomic E-state index is 0.110. The Bertz CT molecular complexity index is 938. The Kier molecular flexibility index (Phi) is 7.02. The fourth-order valence-corrected chi connectivity index (χ4v) is 2.63. The molecule has 1 N–H and O–H groups in total. The van der Waals surface area contributed by atoms with E-state index >= 15 is 0 Å². The number of nitro benzene ring substituents is 1. The van der Waals surface area contributed by atoms with Crippen molar-refractivity contribution in [1.82, 2.24) is 5.32 Å². The highest BCUT2D eigenvalue weighted by molar-refractivity contribution is 5.99. The van der Waals surface area contributed by atoms with Gasteiger partial charge < -0.3 is 14.8 Å². The molecule has 0 aliphatic carbocycles. The number of hydrogen-bond acceptors (Lipinski definition) is 7. The molecule has 0 saturated carbocycles. The number of non-ortho nitro benzene ring substituents is 1. The predicted octanol–water partition coefficient (Wildman–Crippen LogP) is 2.72. The summed E-state index contributed by atoms with van der Waals surface area (Å²) < 4.78 is 9.27. The van der Waals surface area contributed by atoms with Crippen LogP contribution < -0.4 is 5.32 Å². The lowest BCUT2D eigenvalue weighted by Crippen LogP contribution is -2.30. The second-order valence-corrected chi connectivity index (χ2v) is 6.23. The van der Waals surface area contributed by atoms with E-state index in [1.165, 1.54) is 13.2 Å². The summed E-state index contributed by atoms with van der Waals surface area (Å²) in [6, 6.07) is 9.71. The summed E-state index contributed by atoms with van der Waals surface area (Å²) in [5, 5.41) is 13.8. The van der Waals surface area contributed by atoms with Crippen LogP contribution in [0, 0.1) is 17.0 Å². The number of nitrogens with one attached hydrogen (secondary N) is 1. The Balaban J connectivity index is 2.38. The third-order valence-electron chi connectivity index (χ3n) is 4.20. The third-order valence-corrected chi connectivity index (χ3v) is 4.20. The van der Waals surface area contributed by atoms with Crippen molar-refractivity contribution in [3.05, 3.63) is 74.8 Å². The number of aryl methyl sites for hydroxylation is 1. The maximum Gasteiger partial charge on any atom is 0.338 e. The molecular weight excluding hydrogens is 380 g/mol. The molecule has 0 radical (unpaired) electrons. The summed E-state index contributed by atoms with van der Waals surface area (Å²) in [5.41, 5.74) is 0.984. The minimum Gasteiger partial charge on any atom is -0.469 e. The summed E-state index contributed by atoms with van der Waals surface area (Å²) in [7, 11) is 2.37. The molecule has 2 aromatic carbocycles. The van der Waals surface area contributed by atoms with Gasteiger partial charge in [0.05, 0.1) is 37.2 Å². The normalized spacial score (nSPS) is 11.3. The molecule has 9 heteroatoms. The number of nitro groups is 1. The van der Waals surface area contributed by atoms with Crippen molar-refractivity contribution in [2.45, 2.75) is 19.4 Å². The van der Waals surface area contributed by atoms with E-state index in [9.17, 15) is 24.5 Å². The van der Waals surface area contributed by atoms with Gasteiger partial charge in [0.15, 0.2) is 0 Å². The van der Waals surface area contributed by atoms with Crippen molar-refractivity contribution < 1.29 is 28.8 Å². The third kappa shape index (κ3) is 5.61. The fraction of sp³-hybridized carbons (Fsp3) is 0.250. The van der Waals surface area contributed by atoms with Crippen molar-refractivity contribution in [2.75, 3.05) is 14.2 Å². The molecule has 1 unspecified atom stereocenters. The van der Waals surface area contributed by atoms with Gasteiger partial charge in [0.25, 0.3) is 11.6 Å². The second-order valence-electron chi connectivity index (χ2n) is 6.23. The SMILES string of the molecule is COC(=O)CC(NC(=O)c1cc(C(=O)OC)cc([N+](=O)[O-])c1)c1ccc(C)cc1. The van der Waals surface area contributed by atoms with Crippen LogP contribution in [0.4, 0.5) is 5.69 Å². The number of amides is 1. The average molecular weight is 400 g/mol. The minimum atomic E-state index is -0.813. The molecule has 2 aromatic rings. The van der Waals surface area contributed by atoms with E-state index in [0.717, 1.165) is 24.8 Å². The van der Waals surface area contributed by atoms with Gasteiger partial charge in [-0.2, -0.15) is 0 Å². The van der Waals surface area contributed by atoms with E-state index < -0.39 is 34.5 Å². The van der Waals surface area contributed by atoms with E-state index in [2.05, 4.69) is 14.8 Å². The number of hydrogen-bond donors (Lipinski definition) is 1. The molecule has 9 nitrogen and oxygen atoms in total. The van der Waals surface area contributed by atoms with Gasteiger partial charge in [0.1, 0.15) is 0 Å². The maximum atomic E-state index is 12.8. The van der Waals surface area contributed by atoms with Crippen LogP contribution in [-0.4, -0.2) is 37.0 Å². The Labute approximate surface area is 166 Å². The first-order valence-corrected chi connectivity index (χ1v) is 8.57. The van der Waals surface area contributed by atoms with Crippen LogP contribution in [-0.2, 0) is 14.3 Å². The number of ether oxygens (including phenoxy) is 2. The van der Waals surface area contributed by atoms with E-state index in [1.807, 2.05) is 19.1 Å². The highest BCUT2D eigenvalue weighted by Gasteiger charge is 2.23. The lowest BCUT2D eigenvalue weighted by molar-refractivity contribution is -0.384. The van der Waals surface area contributed by atoms with Crippen LogP contribution >= 0.6 is 0 Å². The maximum absolute atomic E-state index is 12.8. The molecular formula is C20H20N2O7. The highest BCUT2D eigenvalue weighted by Crippen LogP contribution is 2.22. The summed E-state index contributed by atoms with van der Waals surface area (Å²) in [4.78, 5) is 46.8. The molecule has 0 aromatic heterocycles. The molecule has 0 aliphatic heterocycles. The van der Waals surface area contributed by atoms with Gasteiger partial charge in [-0.1, -0.05) is 29.8 Å². The molecule has 0 spiro atoms. The molecule has 0 heterocycles. The van der Waals surface area contributed by atoms with Crippen LogP contribution in [0.3, 0.4) is 0 Å². The zero-order valence-corrected chi connectivity index (χ0v) is 16.1. The van der Waals surface area contributed by atoms with Crippen molar-refractivity contribution >= 4 is 23.5 Å². The Morgan fingerprint density at radius 1 is 1.03 bits per heavy atom. The van der Waals surface area contributed by atoms with Crippen LogP contribution in [0.15, 0.2) is 42.5 Å². The summed E-state index contributed by atoms with van der Waals surface area (Å²) in [6.45, 7) is 1.90. The van der Waals surface area contributed by atoms with Gasteiger partial charge in [-0.25, -0.2) is 4.79 Å². The molecule has 2 rings (SSSR count). The molecule has 0 fully saturated rings. The summed E-state index contributed by atoms with van der Waals surface area (Å²) in [5.74, 6) is -2.04. The molecule has 0 bridgehead atoms. The van der Waals surface area contributed by atoms with Gasteiger partial charge in [-0.3, -0.25) is 19.7 Å². The smallest absolute Gasteiger partial charge is 0.338 e. The Morgan fingerprint density at radius 2 is 1.66 bits per heavy atom. The van der Waals surface area contributed by atoms with Gasteiger partial charge in [0.2, 0.25) is 0 Å². The van der Waals surface area contributed by atoms with Crippen LogP contribution in [0.1, 0.15) is 44.3 Å². The number of carbonyl (C=O) groups is 3. The van der Waals surface area contributed by atoms with Gasteiger partial charge in [-0.05, 0) is 18.6 Å². The first kappa shape index (κ1) is 21.5. The number of esters is 2. The highest BCUT2D eigenvalue weighted by atomic mass is 16.6. The van der Waals surface area contributed by atoms with Crippen molar-refractivity contribution in [3.63, 3.8) is 0 Å². The van der Waals surface area contributed by atoms with E-state index in [-0.39, 0.29) is 17.5 Å². The molecule has 0 aliphatic rings. The van der Waals surface area contributed by atoms with Crippen LogP contribution in [0.2, 0.25) is 0 Å². The monoisotopic (exact) mass is 400 g/mol. The van der Waals surface area contributed by atoms with Crippen LogP contribution in [0.5, 0.6) is 0 Å². The molecule has 1 amide bonds. The zero-order chi connectivity index (χ0) is 21.6. The zero-order valence-electron chi connectivity index (χ0n) is 16.1. The first-order valence-electron chi connectivity index (χ1n) is 8.57. The summed E-state index contributed by atoms with van der Waals surface area (Å²) >= 11 is 0. The van der Waals surface area contributed by atoms with E-state index in [0.29, 0.717) is 5.56 Å². The topological polar surface area (TPSA) is 125 Å². The van der Waals surface area contributed by atoms with Crippen molar-refractivity contribution in [1.29, 1.82) is 0 Å². The molecule has 0 saturated heterocycles. The van der Waals surface area contributed by atoms with Crippen molar-refractivity contribution in [3.8, 4) is 0 Å². The average Bonchev–Trinajstić information content (AvgIpc) is 2.72. The first-order chi connectivity index (χ1) is 13.7. The largest absolute Gasteiger partial charge is 0.469 e. The lowest BCUT2D eigenvalue weighted by Gasteiger charge is -2.18. The Morgan fingerprint density at radius 3 is 2.21 bits per heavy atom. The molecule has 1 atom stereocenters. The number of benzene rings is 2. The number of methoxy groups -OCH3 is 2. The fourth-order valence-electron chi connectivity index (χ4n) is 2.63. The van der Waals surface area contributed by atoms with E-state index in [1.54, 1.807) is 12.1 Å².